The number of aryl methyl sites for hydroxylation is 1. The summed E-state index contributed by atoms with van der Waals surface area (Å²) >= 11 is 0. The summed E-state index contributed by atoms with van der Waals surface area (Å²) in [6.45, 7) is 1.73. The molecule has 2 N–H and O–H groups in total. The highest BCUT2D eigenvalue weighted by Gasteiger charge is 2.05. The van der Waals surface area contributed by atoms with Gasteiger partial charge in [0.2, 0.25) is 0 Å². The van der Waals surface area contributed by atoms with Crippen LogP contribution in [0.25, 0.3) is 0 Å². The Morgan fingerprint density at radius 1 is 1.17 bits per heavy atom. The lowest BCUT2D eigenvalue weighted by atomic mass is 10.3. The summed E-state index contributed by atoms with van der Waals surface area (Å²) in [6, 6.07) is 14.4. The zero-order valence-corrected chi connectivity index (χ0v) is 13.0. The molecule has 2 aromatic heterocycles. The highest BCUT2D eigenvalue weighted by Crippen LogP contribution is 2.16. The van der Waals surface area contributed by atoms with Crippen molar-refractivity contribution < 1.29 is 14.1 Å². The standard InChI is InChI=1S/C17H16N4O3/c1-12-9-16(21-24-12)19-13-7-8-15(18-10-13)20-17(22)11-23-14-5-3-2-4-6-14/h2-10H,11H2,1H3,(H,19,21)(H,18,20,22). The van der Waals surface area contributed by atoms with Crippen LogP contribution in [0.4, 0.5) is 17.3 Å². The van der Waals surface area contributed by atoms with E-state index in [0.717, 1.165) is 5.69 Å². The van der Waals surface area contributed by atoms with Gasteiger partial charge in [0.25, 0.3) is 5.91 Å². The van der Waals surface area contributed by atoms with Crippen LogP contribution in [0.2, 0.25) is 0 Å². The second-order valence-corrected chi connectivity index (χ2v) is 5.03. The molecule has 0 radical (unpaired) electrons. The number of carbonyl (C=O) groups is 1. The summed E-state index contributed by atoms with van der Waals surface area (Å²) in [6.07, 6.45) is 1.59. The molecule has 3 rings (SSSR count). The summed E-state index contributed by atoms with van der Waals surface area (Å²) in [5.74, 6) is 2.12. The number of carbonyl (C=O) groups excluding carboxylic acids is 1. The van der Waals surface area contributed by atoms with Gasteiger partial charge in [0.15, 0.2) is 12.4 Å². The first-order valence-corrected chi connectivity index (χ1v) is 7.33. The maximum absolute atomic E-state index is 11.9. The van der Waals surface area contributed by atoms with Crippen LogP contribution >= 0.6 is 0 Å². The van der Waals surface area contributed by atoms with E-state index in [0.29, 0.717) is 23.1 Å². The highest BCUT2D eigenvalue weighted by atomic mass is 16.5. The molecule has 0 aliphatic heterocycles. The van der Waals surface area contributed by atoms with Gasteiger partial charge >= 0.3 is 0 Å². The van der Waals surface area contributed by atoms with E-state index in [1.54, 1.807) is 36.5 Å². The van der Waals surface area contributed by atoms with E-state index in [2.05, 4.69) is 20.8 Å². The maximum Gasteiger partial charge on any atom is 0.263 e. The Labute approximate surface area is 138 Å². The van der Waals surface area contributed by atoms with E-state index in [1.165, 1.54) is 0 Å². The van der Waals surface area contributed by atoms with Crippen LogP contribution in [-0.2, 0) is 4.79 Å². The second kappa shape index (κ2) is 7.28. The molecule has 0 aliphatic rings. The number of aromatic nitrogens is 2. The number of hydrogen-bond acceptors (Lipinski definition) is 6. The number of ether oxygens (including phenoxy) is 1. The van der Waals surface area contributed by atoms with Crippen molar-refractivity contribution in [3.05, 3.63) is 60.5 Å². The minimum absolute atomic E-state index is 0.0795. The average molecular weight is 324 g/mol. The number of pyridine rings is 1. The molecule has 0 aliphatic carbocycles. The molecule has 0 bridgehead atoms. The molecular formula is C17H16N4O3. The Balaban J connectivity index is 1.51. The van der Waals surface area contributed by atoms with E-state index in [-0.39, 0.29) is 12.5 Å². The van der Waals surface area contributed by atoms with Crippen LogP contribution < -0.4 is 15.4 Å². The van der Waals surface area contributed by atoms with Crippen LogP contribution in [-0.4, -0.2) is 22.7 Å². The number of nitrogens with zero attached hydrogens (tertiary/aromatic N) is 2. The van der Waals surface area contributed by atoms with E-state index in [4.69, 9.17) is 9.26 Å². The topological polar surface area (TPSA) is 89.3 Å². The molecule has 0 saturated heterocycles. The SMILES string of the molecule is Cc1cc(Nc2ccc(NC(=O)COc3ccccc3)nc2)no1. The molecule has 0 fully saturated rings. The van der Waals surface area contributed by atoms with E-state index >= 15 is 0 Å². The zero-order valence-electron chi connectivity index (χ0n) is 13.0. The molecule has 2 heterocycles. The van der Waals surface area contributed by atoms with Crippen LogP contribution in [0.15, 0.2) is 59.3 Å². The van der Waals surface area contributed by atoms with E-state index in [1.807, 2.05) is 25.1 Å². The molecule has 3 aromatic rings. The molecule has 122 valence electrons. The molecular weight excluding hydrogens is 308 g/mol. The number of benzene rings is 1. The van der Waals surface area contributed by atoms with Crippen LogP contribution in [0, 0.1) is 6.92 Å². The Morgan fingerprint density at radius 3 is 2.67 bits per heavy atom. The van der Waals surface area contributed by atoms with Crippen molar-refractivity contribution in [2.45, 2.75) is 6.92 Å². The molecule has 0 spiro atoms. The van der Waals surface area contributed by atoms with Crippen molar-refractivity contribution in [3.8, 4) is 5.75 Å². The first-order chi connectivity index (χ1) is 11.7. The van der Waals surface area contributed by atoms with Gasteiger partial charge in [-0.3, -0.25) is 4.79 Å². The number of anilines is 3. The lowest BCUT2D eigenvalue weighted by Gasteiger charge is -2.07. The fourth-order valence-corrected chi connectivity index (χ4v) is 1.96. The quantitative estimate of drug-likeness (QED) is 0.724. The van der Waals surface area contributed by atoms with Gasteiger partial charge in [-0.1, -0.05) is 23.4 Å². The third-order valence-electron chi connectivity index (χ3n) is 3.04. The van der Waals surface area contributed by atoms with Crippen LogP contribution in [0.3, 0.4) is 0 Å². The predicted octanol–water partition coefficient (Wildman–Crippen LogP) is 3.14. The zero-order chi connectivity index (χ0) is 16.8. The normalized spacial score (nSPS) is 10.2. The summed E-state index contributed by atoms with van der Waals surface area (Å²) in [7, 11) is 0. The molecule has 1 aromatic carbocycles. The van der Waals surface area contributed by atoms with E-state index in [9.17, 15) is 4.79 Å². The fourth-order valence-electron chi connectivity index (χ4n) is 1.96. The molecule has 0 saturated carbocycles. The van der Waals surface area contributed by atoms with Gasteiger partial charge in [0.1, 0.15) is 17.3 Å². The van der Waals surface area contributed by atoms with E-state index < -0.39 is 0 Å². The van der Waals surface area contributed by atoms with Gasteiger partial charge in [-0.15, -0.1) is 0 Å². The maximum atomic E-state index is 11.9. The van der Waals surface area contributed by atoms with Crippen LogP contribution in [0.5, 0.6) is 5.75 Å². The lowest BCUT2D eigenvalue weighted by Crippen LogP contribution is -2.20. The minimum Gasteiger partial charge on any atom is -0.484 e. The monoisotopic (exact) mass is 324 g/mol. The Morgan fingerprint density at radius 2 is 2.00 bits per heavy atom. The van der Waals surface area contributed by atoms with Gasteiger partial charge in [-0.05, 0) is 31.2 Å². The van der Waals surface area contributed by atoms with Crippen LogP contribution in [0.1, 0.15) is 5.76 Å². The largest absolute Gasteiger partial charge is 0.484 e. The molecule has 24 heavy (non-hydrogen) atoms. The lowest BCUT2D eigenvalue weighted by molar-refractivity contribution is -0.118. The third-order valence-corrected chi connectivity index (χ3v) is 3.04. The highest BCUT2D eigenvalue weighted by molar-refractivity contribution is 5.91. The molecule has 7 nitrogen and oxygen atoms in total. The Kier molecular flexibility index (Phi) is 4.71. The Hall–Kier alpha value is -3.35. The minimum atomic E-state index is -0.279. The predicted molar refractivity (Wildman–Crippen MR) is 89.3 cm³/mol. The molecule has 1 amide bonds. The Bertz CT molecular complexity index is 800. The number of hydrogen-bond donors (Lipinski definition) is 2. The fraction of sp³-hybridized carbons (Fsp3) is 0.118. The summed E-state index contributed by atoms with van der Waals surface area (Å²) in [4.78, 5) is 16.0. The van der Waals surface area contributed by atoms with Gasteiger partial charge in [-0.25, -0.2) is 4.98 Å². The van der Waals surface area contributed by atoms with Crippen molar-refractivity contribution >= 4 is 23.2 Å². The van der Waals surface area contributed by atoms with Crippen molar-refractivity contribution in [1.29, 1.82) is 0 Å². The number of para-hydroxylation sites is 1. The van der Waals surface area contributed by atoms with Crippen molar-refractivity contribution in [2.75, 3.05) is 17.2 Å². The van der Waals surface area contributed by atoms with Crippen molar-refractivity contribution in [3.63, 3.8) is 0 Å². The van der Waals surface area contributed by atoms with Crippen molar-refractivity contribution in [2.24, 2.45) is 0 Å². The van der Waals surface area contributed by atoms with Gasteiger partial charge in [-0.2, -0.15) is 0 Å². The summed E-state index contributed by atoms with van der Waals surface area (Å²) in [5.41, 5.74) is 0.738. The number of nitrogens with one attached hydrogen (secondary N) is 2. The average Bonchev–Trinajstić information content (AvgIpc) is 3.01. The van der Waals surface area contributed by atoms with Gasteiger partial charge in [0.05, 0.1) is 11.9 Å². The van der Waals surface area contributed by atoms with Gasteiger partial charge < -0.3 is 19.9 Å². The molecule has 0 unspecified atom stereocenters. The number of amides is 1. The van der Waals surface area contributed by atoms with Crippen molar-refractivity contribution in [1.82, 2.24) is 10.1 Å². The first-order valence-electron chi connectivity index (χ1n) is 7.33. The molecule has 0 atom stereocenters. The second-order valence-electron chi connectivity index (χ2n) is 5.03. The smallest absolute Gasteiger partial charge is 0.263 e. The van der Waals surface area contributed by atoms with Gasteiger partial charge in [0, 0.05) is 6.07 Å². The molecule has 7 heteroatoms. The third kappa shape index (κ3) is 4.33. The summed E-state index contributed by atoms with van der Waals surface area (Å²) < 4.78 is 10.3. The summed E-state index contributed by atoms with van der Waals surface area (Å²) in [5, 5.41) is 9.55. The first kappa shape index (κ1) is 15.5. The number of rotatable bonds is 6.